The van der Waals surface area contributed by atoms with Gasteiger partial charge in [-0.2, -0.15) is 0 Å². The van der Waals surface area contributed by atoms with Crippen LogP contribution in [0.1, 0.15) is 31.7 Å². The minimum Gasteiger partial charge on any atom is -0.396 e. The zero-order chi connectivity index (χ0) is 16.5. The van der Waals surface area contributed by atoms with Crippen LogP contribution in [0.4, 0.5) is 0 Å². The smallest absolute Gasteiger partial charge is 0.166 e. The number of aliphatic hydroxyl groups is 2. The molecule has 1 aliphatic rings. The van der Waals surface area contributed by atoms with E-state index in [0.717, 1.165) is 18.4 Å². The minimum absolute atomic E-state index is 0.0264. The third-order valence-electron chi connectivity index (χ3n) is 4.09. The molecule has 1 aromatic carbocycles. The van der Waals surface area contributed by atoms with Crippen LogP contribution in [0, 0.1) is 5.92 Å². The minimum atomic E-state index is -0.677. The van der Waals surface area contributed by atoms with Gasteiger partial charge in [0, 0.05) is 13.0 Å². The molecule has 0 saturated carbocycles. The first kappa shape index (κ1) is 18.4. The first-order valence-corrected chi connectivity index (χ1v) is 8.30. The lowest BCUT2D eigenvalue weighted by Gasteiger charge is -2.28. The molecule has 0 radical (unpaired) electrons. The van der Waals surface area contributed by atoms with Crippen molar-refractivity contribution in [2.75, 3.05) is 26.4 Å². The van der Waals surface area contributed by atoms with Crippen LogP contribution in [0.5, 0.6) is 0 Å². The largest absolute Gasteiger partial charge is 0.396 e. The van der Waals surface area contributed by atoms with Crippen LogP contribution >= 0.6 is 0 Å². The lowest BCUT2D eigenvalue weighted by Crippen LogP contribution is -2.32. The maximum atomic E-state index is 9.18. The van der Waals surface area contributed by atoms with E-state index in [4.69, 9.17) is 19.3 Å². The van der Waals surface area contributed by atoms with Crippen molar-refractivity contribution in [2.45, 2.75) is 44.7 Å². The maximum absolute atomic E-state index is 9.18. The summed E-state index contributed by atoms with van der Waals surface area (Å²) >= 11 is 0. The van der Waals surface area contributed by atoms with Crippen LogP contribution < -0.4 is 0 Å². The predicted octanol–water partition coefficient (Wildman–Crippen LogP) is 2.11. The highest BCUT2D eigenvalue weighted by Crippen LogP contribution is 2.31. The van der Waals surface area contributed by atoms with Crippen LogP contribution in [0.25, 0.3) is 0 Å². The Kier molecular flexibility index (Phi) is 7.46. The molecule has 0 spiro atoms. The van der Waals surface area contributed by atoms with E-state index in [0.29, 0.717) is 26.2 Å². The predicted molar refractivity (Wildman–Crippen MR) is 86.8 cm³/mol. The van der Waals surface area contributed by atoms with E-state index in [-0.39, 0.29) is 25.2 Å². The summed E-state index contributed by atoms with van der Waals surface area (Å²) in [6.45, 7) is 3.65. The van der Waals surface area contributed by atoms with Gasteiger partial charge in [-0.15, -0.1) is 0 Å². The van der Waals surface area contributed by atoms with E-state index in [9.17, 15) is 5.11 Å². The van der Waals surface area contributed by atoms with Crippen LogP contribution in [0.15, 0.2) is 30.3 Å². The van der Waals surface area contributed by atoms with Crippen LogP contribution in [0.2, 0.25) is 0 Å². The van der Waals surface area contributed by atoms with Gasteiger partial charge in [-0.1, -0.05) is 30.3 Å². The summed E-state index contributed by atoms with van der Waals surface area (Å²) in [5.74, 6) is -0.433. The second-order valence-corrected chi connectivity index (χ2v) is 6.30. The Hall–Kier alpha value is -0.980. The molecule has 3 atom stereocenters. The van der Waals surface area contributed by atoms with Crippen molar-refractivity contribution in [3.8, 4) is 0 Å². The van der Waals surface area contributed by atoms with Gasteiger partial charge in [0.05, 0.1) is 26.4 Å². The maximum Gasteiger partial charge on any atom is 0.166 e. The van der Waals surface area contributed by atoms with E-state index < -0.39 is 5.79 Å². The highest BCUT2D eigenvalue weighted by molar-refractivity contribution is 5.13. The van der Waals surface area contributed by atoms with Gasteiger partial charge in [0.25, 0.3) is 0 Å². The molecule has 0 aromatic heterocycles. The number of hydrogen-bond donors (Lipinski definition) is 2. The summed E-state index contributed by atoms with van der Waals surface area (Å²) in [7, 11) is 0. The molecule has 0 aliphatic carbocycles. The fourth-order valence-electron chi connectivity index (χ4n) is 2.95. The molecule has 1 aliphatic heterocycles. The topological polar surface area (TPSA) is 68.2 Å². The highest BCUT2D eigenvalue weighted by atomic mass is 16.7. The van der Waals surface area contributed by atoms with Crippen molar-refractivity contribution in [2.24, 2.45) is 5.92 Å². The number of ether oxygens (including phenoxy) is 3. The van der Waals surface area contributed by atoms with Crippen molar-refractivity contribution < 1.29 is 24.4 Å². The molecular weight excluding hydrogens is 296 g/mol. The monoisotopic (exact) mass is 324 g/mol. The Bertz CT molecular complexity index is 438. The average Bonchev–Trinajstić information content (AvgIpc) is 2.95. The molecule has 1 heterocycles. The van der Waals surface area contributed by atoms with E-state index in [1.54, 1.807) is 0 Å². The van der Waals surface area contributed by atoms with Gasteiger partial charge in [-0.3, -0.25) is 0 Å². The standard InChI is InChI=1S/C18H28O5/c1-18(22-14-17(11-20)23-18)10-16(8-5-9-19)13-21-12-15-6-3-2-4-7-15/h2-4,6-7,16-17,19-20H,5,8-14H2,1H3. The second kappa shape index (κ2) is 9.35. The third kappa shape index (κ3) is 6.20. The number of rotatable bonds is 10. The first-order chi connectivity index (χ1) is 11.1. The molecule has 3 unspecified atom stereocenters. The zero-order valence-corrected chi connectivity index (χ0v) is 13.8. The van der Waals surface area contributed by atoms with Gasteiger partial charge in [-0.05, 0) is 31.2 Å². The summed E-state index contributed by atoms with van der Waals surface area (Å²) in [4.78, 5) is 0. The summed E-state index contributed by atoms with van der Waals surface area (Å²) in [6.07, 6.45) is 2.04. The van der Waals surface area contributed by atoms with Gasteiger partial charge >= 0.3 is 0 Å². The number of aliphatic hydroxyl groups excluding tert-OH is 2. The van der Waals surface area contributed by atoms with Crippen molar-refractivity contribution in [1.29, 1.82) is 0 Å². The van der Waals surface area contributed by atoms with Gasteiger partial charge in [0.1, 0.15) is 6.10 Å². The van der Waals surface area contributed by atoms with E-state index in [1.165, 1.54) is 0 Å². The highest BCUT2D eigenvalue weighted by Gasteiger charge is 2.38. The molecule has 2 N–H and O–H groups in total. The summed E-state index contributed by atoms with van der Waals surface area (Å²) in [5.41, 5.74) is 1.15. The van der Waals surface area contributed by atoms with Gasteiger partial charge in [-0.25, -0.2) is 0 Å². The molecule has 130 valence electrons. The third-order valence-corrected chi connectivity index (χ3v) is 4.09. The van der Waals surface area contributed by atoms with E-state index in [1.807, 2.05) is 37.3 Å². The normalized spacial score (nSPS) is 25.6. The Labute approximate surface area is 138 Å². The fourth-order valence-corrected chi connectivity index (χ4v) is 2.95. The van der Waals surface area contributed by atoms with Crippen molar-refractivity contribution in [3.05, 3.63) is 35.9 Å². The fraction of sp³-hybridized carbons (Fsp3) is 0.667. The molecule has 1 fully saturated rings. The van der Waals surface area contributed by atoms with Crippen molar-refractivity contribution in [1.82, 2.24) is 0 Å². The van der Waals surface area contributed by atoms with Gasteiger partial charge in [0.2, 0.25) is 0 Å². The van der Waals surface area contributed by atoms with E-state index in [2.05, 4.69) is 0 Å². The Morgan fingerprint density at radius 2 is 2.09 bits per heavy atom. The number of hydrogen-bond acceptors (Lipinski definition) is 5. The summed E-state index contributed by atoms with van der Waals surface area (Å²) < 4.78 is 17.3. The first-order valence-electron chi connectivity index (χ1n) is 8.30. The molecule has 23 heavy (non-hydrogen) atoms. The lowest BCUT2D eigenvalue weighted by atomic mass is 9.95. The van der Waals surface area contributed by atoms with Crippen molar-refractivity contribution >= 4 is 0 Å². The molecule has 0 amide bonds. The molecule has 5 nitrogen and oxygen atoms in total. The molecule has 1 saturated heterocycles. The molecule has 1 aromatic rings. The lowest BCUT2D eigenvalue weighted by molar-refractivity contribution is -0.173. The Morgan fingerprint density at radius 3 is 2.74 bits per heavy atom. The summed E-state index contributed by atoms with van der Waals surface area (Å²) in [6, 6.07) is 10.1. The zero-order valence-electron chi connectivity index (χ0n) is 13.8. The quantitative estimate of drug-likeness (QED) is 0.690. The molecule has 2 rings (SSSR count). The molecule has 5 heteroatoms. The van der Waals surface area contributed by atoms with Crippen LogP contribution in [0.3, 0.4) is 0 Å². The second-order valence-electron chi connectivity index (χ2n) is 6.30. The molecule has 0 bridgehead atoms. The molecular formula is C18H28O5. The Morgan fingerprint density at radius 1 is 1.30 bits per heavy atom. The van der Waals surface area contributed by atoms with E-state index >= 15 is 0 Å². The number of benzene rings is 1. The van der Waals surface area contributed by atoms with Crippen molar-refractivity contribution in [3.63, 3.8) is 0 Å². The van der Waals surface area contributed by atoms with Gasteiger partial charge in [0.15, 0.2) is 5.79 Å². The SMILES string of the molecule is CC1(CC(CCCO)COCc2ccccc2)OCC(CO)O1. The average molecular weight is 324 g/mol. The Balaban J connectivity index is 1.81. The van der Waals surface area contributed by atoms with Crippen LogP contribution in [-0.4, -0.2) is 48.5 Å². The van der Waals surface area contributed by atoms with Crippen LogP contribution in [-0.2, 0) is 20.8 Å². The summed E-state index contributed by atoms with van der Waals surface area (Å²) in [5, 5.41) is 18.3. The van der Waals surface area contributed by atoms with Gasteiger partial charge < -0.3 is 24.4 Å².